The van der Waals surface area contributed by atoms with Crippen LogP contribution in [0.5, 0.6) is 5.75 Å². The van der Waals surface area contributed by atoms with Crippen molar-refractivity contribution < 1.29 is 17.9 Å². The number of nitrogens with zero attached hydrogens (tertiary/aromatic N) is 1. The molecule has 0 bridgehead atoms. The van der Waals surface area contributed by atoms with E-state index in [1.54, 1.807) is 12.1 Å². The molecular weight excluding hydrogens is 366 g/mol. The van der Waals surface area contributed by atoms with Gasteiger partial charge in [0.1, 0.15) is 5.76 Å². The third kappa shape index (κ3) is 3.33. The summed E-state index contributed by atoms with van der Waals surface area (Å²) in [5.41, 5.74) is 0.534. The molecule has 1 N–H and O–H groups in total. The molecule has 0 aliphatic carbocycles. The minimum atomic E-state index is -0.858. The van der Waals surface area contributed by atoms with Gasteiger partial charge in [0.15, 0.2) is 17.4 Å². The number of nitrogens with one attached hydrogen (secondary N) is 1. The summed E-state index contributed by atoms with van der Waals surface area (Å²) in [4.78, 5) is 14.8. The second-order valence-electron chi connectivity index (χ2n) is 6.94. The van der Waals surface area contributed by atoms with E-state index in [4.69, 9.17) is 4.42 Å². The molecule has 146 valence electrons. The average Bonchev–Trinajstić information content (AvgIpc) is 2.67. The van der Waals surface area contributed by atoms with Crippen LogP contribution >= 0.6 is 0 Å². The first-order valence-electron chi connectivity index (χ1n) is 9.06. The van der Waals surface area contributed by atoms with Gasteiger partial charge < -0.3 is 19.4 Å². The molecule has 1 atom stereocenters. The maximum atomic E-state index is 14.0. The largest absolute Gasteiger partial charge is 0.491 e. The molecule has 0 spiro atoms. The number of fused-ring (bicyclic) bond motifs is 1. The van der Waals surface area contributed by atoms with E-state index in [0.717, 1.165) is 37.5 Å². The van der Waals surface area contributed by atoms with E-state index in [1.165, 1.54) is 7.11 Å². The number of halogens is 2. The van der Waals surface area contributed by atoms with Crippen LogP contribution in [0.1, 0.15) is 6.92 Å². The molecule has 1 aliphatic heterocycles. The molecule has 0 saturated carbocycles. The van der Waals surface area contributed by atoms with Gasteiger partial charge in [0.05, 0.1) is 12.5 Å². The Kier molecular flexibility index (Phi) is 4.77. The van der Waals surface area contributed by atoms with Gasteiger partial charge >= 0.3 is 5.63 Å². The number of ether oxygens (including phenoxy) is 1. The first kappa shape index (κ1) is 18.4. The molecule has 0 radical (unpaired) electrons. The van der Waals surface area contributed by atoms with Gasteiger partial charge in [0, 0.05) is 36.9 Å². The van der Waals surface area contributed by atoms with Crippen molar-refractivity contribution in [2.24, 2.45) is 0 Å². The first-order chi connectivity index (χ1) is 13.5. The van der Waals surface area contributed by atoms with Gasteiger partial charge in [-0.25, -0.2) is 13.6 Å². The predicted octanol–water partition coefficient (Wildman–Crippen LogP) is 3.54. The van der Waals surface area contributed by atoms with Gasteiger partial charge in [0.25, 0.3) is 0 Å². The fourth-order valence-electron chi connectivity index (χ4n) is 3.58. The van der Waals surface area contributed by atoms with Crippen LogP contribution in [0.2, 0.25) is 0 Å². The van der Waals surface area contributed by atoms with Gasteiger partial charge in [-0.2, -0.15) is 0 Å². The Morgan fingerprint density at radius 1 is 1.18 bits per heavy atom. The van der Waals surface area contributed by atoms with Crippen molar-refractivity contribution >= 4 is 16.5 Å². The fourth-order valence-corrected chi connectivity index (χ4v) is 3.58. The van der Waals surface area contributed by atoms with Crippen LogP contribution in [0.25, 0.3) is 22.1 Å². The van der Waals surface area contributed by atoms with Crippen molar-refractivity contribution in [1.82, 2.24) is 5.32 Å². The van der Waals surface area contributed by atoms with E-state index in [-0.39, 0.29) is 11.3 Å². The summed E-state index contributed by atoms with van der Waals surface area (Å²) in [7, 11) is 1.19. The van der Waals surface area contributed by atoms with Crippen LogP contribution in [0.15, 0.2) is 45.6 Å². The van der Waals surface area contributed by atoms with Crippen LogP contribution in [-0.2, 0) is 0 Å². The maximum Gasteiger partial charge on any atom is 0.344 e. The second kappa shape index (κ2) is 7.24. The van der Waals surface area contributed by atoms with Crippen LogP contribution in [-0.4, -0.2) is 32.8 Å². The Morgan fingerprint density at radius 2 is 1.93 bits per heavy atom. The molecule has 1 fully saturated rings. The van der Waals surface area contributed by atoms with Crippen LogP contribution < -0.4 is 20.6 Å². The molecule has 2 heterocycles. The lowest BCUT2D eigenvalue weighted by Gasteiger charge is -2.33. The van der Waals surface area contributed by atoms with E-state index in [2.05, 4.69) is 21.9 Å². The number of hydrogen-bond acceptors (Lipinski definition) is 5. The van der Waals surface area contributed by atoms with Gasteiger partial charge in [-0.15, -0.1) is 0 Å². The number of piperazine rings is 1. The Balaban J connectivity index is 1.75. The Labute approximate surface area is 160 Å². The van der Waals surface area contributed by atoms with Crippen molar-refractivity contribution in [2.75, 3.05) is 31.6 Å². The summed E-state index contributed by atoms with van der Waals surface area (Å²) < 4.78 is 38.1. The lowest BCUT2D eigenvalue weighted by Crippen LogP contribution is -2.49. The van der Waals surface area contributed by atoms with Gasteiger partial charge in [-0.05, 0) is 42.6 Å². The lowest BCUT2D eigenvalue weighted by atomic mass is 10.1. The van der Waals surface area contributed by atoms with Gasteiger partial charge in [-0.1, -0.05) is 6.07 Å². The van der Waals surface area contributed by atoms with E-state index < -0.39 is 23.0 Å². The standard InChI is InChI=1S/C21H20F2N2O3/c1-12-11-25(6-5-24-12)15-4-3-13-9-19(28-21(26)16(13)10-15)14-7-17(22)20(27-2)18(23)8-14/h3-4,7-10,12,24H,5-6,11H2,1-2H3. The number of rotatable bonds is 3. The number of hydrogen-bond donors (Lipinski definition) is 1. The van der Waals surface area contributed by atoms with Crippen molar-refractivity contribution in [3.05, 3.63) is 58.5 Å². The molecule has 1 saturated heterocycles. The minimum absolute atomic E-state index is 0.0986. The second-order valence-corrected chi connectivity index (χ2v) is 6.94. The third-order valence-corrected chi connectivity index (χ3v) is 4.97. The van der Waals surface area contributed by atoms with Crippen LogP contribution in [0.4, 0.5) is 14.5 Å². The molecule has 4 rings (SSSR count). The highest BCUT2D eigenvalue weighted by atomic mass is 19.1. The molecular formula is C21H20F2N2O3. The SMILES string of the molecule is COc1c(F)cc(-c2cc3ccc(N4CCNC(C)C4)cc3c(=O)o2)cc1F. The number of anilines is 1. The van der Waals surface area contributed by atoms with Crippen molar-refractivity contribution in [2.45, 2.75) is 13.0 Å². The summed E-state index contributed by atoms with van der Waals surface area (Å²) in [6, 6.07) is 9.72. The third-order valence-electron chi connectivity index (χ3n) is 4.97. The summed E-state index contributed by atoms with van der Waals surface area (Å²) in [6.07, 6.45) is 0. The molecule has 1 aromatic heterocycles. The molecule has 3 aromatic rings. The highest BCUT2D eigenvalue weighted by molar-refractivity contribution is 5.87. The van der Waals surface area contributed by atoms with E-state index in [1.807, 2.05) is 12.1 Å². The topological polar surface area (TPSA) is 54.7 Å². The number of methoxy groups -OCH3 is 1. The van der Waals surface area contributed by atoms with Crippen molar-refractivity contribution in [3.8, 4) is 17.1 Å². The maximum absolute atomic E-state index is 14.0. The molecule has 28 heavy (non-hydrogen) atoms. The molecule has 2 aromatic carbocycles. The lowest BCUT2D eigenvalue weighted by molar-refractivity contribution is 0.360. The van der Waals surface area contributed by atoms with Gasteiger partial charge in [-0.3, -0.25) is 0 Å². The summed E-state index contributed by atoms with van der Waals surface area (Å²) in [5, 5.41) is 4.46. The Bertz CT molecular complexity index is 1070. The monoisotopic (exact) mass is 386 g/mol. The first-order valence-corrected chi connectivity index (χ1v) is 9.06. The summed E-state index contributed by atoms with van der Waals surface area (Å²) >= 11 is 0. The van der Waals surface area contributed by atoms with Crippen molar-refractivity contribution in [3.63, 3.8) is 0 Å². The zero-order chi connectivity index (χ0) is 19.8. The molecule has 1 aliphatic rings. The molecule has 7 heteroatoms. The van der Waals surface area contributed by atoms with Crippen molar-refractivity contribution in [1.29, 1.82) is 0 Å². The van der Waals surface area contributed by atoms with E-state index in [9.17, 15) is 13.6 Å². The smallest absolute Gasteiger partial charge is 0.344 e. The molecule has 5 nitrogen and oxygen atoms in total. The van der Waals surface area contributed by atoms with Gasteiger partial charge in [0.2, 0.25) is 0 Å². The minimum Gasteiger partial charge on any atom is -0.491 e. The zero-order valence-corrected chi connectivity index (χ0v) is 15.6. The predicted molar refractivity (Wildman–Crippen MR) is 104 cm³/mol. The fraction of sp³-hybridized carbons (Fsp3) is 0.286. The van der Waals surface area contributed by atoms with E-state index in [0.29, 0.717) is 16.8 Å². The summed E-state index contributed by atoms with van der Waals surface area (Å²) in [6.45, 7) is 4.69. The number of benzene rings is 2. The highest BCUT2D eigenvalue weighted by Crippen LogP contribution is 2.30. The average molecular weight is 386 g/mol. The van der Waals surface area contributed by atoms with Crippen LogP contribution in [0.3, 0.4) is 0 Å². The quantitative estimate of drug-likeness (QED) is 0.746. The van der Waals surface area contributed by atoms with Crippen LogP contribution in [0, 0.1) is 11.6 Å². The Hall–Kier alpha value is -2.93. The molecule has 1 unspecified atom stereocenters. The molecule has 0 amide bonds. The highest BCUT2D eigenvalue weighted by Gasteiger charge is 2.18. The Morgan fingerprint density at radius 3 is 2.61 bits per heavy atom. The summed E-state index contributed by atoms with van der Waals surface area (Å²) in [5.74, 6) is -2.09. The van der Waals surface area contributed by atoms with E-state index >= 15 is 0 Å². The zero-order valence-electron chi connectivity index (χ0n) is 15.6. The normalized spacial score (nSPS) is 17.1.